The topological polar surface area (TPSA) is 9.23 Å². The second kappa shape index (κ2) is 5.56. The molecule has 0 saturated heterocycles. The fourth-order valence-corrected chi connectivity index (χ4v) is 2.17. The van der Waals surface area contributed by atoms with Gasteiger partial charge in [-0.05, 0) is 30.7 Å². The van der Waals surface area contributed by atoms with E-state index in [0.29, 0.717) is 17.4 Å². The van der Waals surface area contributed by atoms with Gasteiger partial charge in [-0.2, -0.15) is 0 Å². The van der Waals surface area contributed by atoms with Crippen molar-refractivity contribution in [2.45, 2.75) is 13.5 Å². The van der Waals surface area contributed by atoms with Crippen molar-refractivity contribution in [2.75, 3.05) is 0 Å². The van der Waals surface area contributed by atoms with E-state index in [-0.39, 0.29) is 0 Å². The molecule has 3 heteroatoms. The normalized spacial score (nSPS) is 10.3. The summed E-state index contributed by atoms with van der Waals surface area (Å²) in [5, 5.41) is 0.617. The van der Waals surface area contributed by atoms with Crippen LogP contribution in [0.4, 0.5) is 0 Å². The van der Waals surface area contributed by atoms with Crippen molar-refractivity contribution < 1.29 is 4.74 Å². The Morgan fingerprint density at radius 3 is 2.47 bits per heavy atom. The standard InChI is InChI=1S/C14H12BrClO/c1-10-2-4-11(5-3-10)9-17-14-7-6-12(15)8-13(14)16/h2-8H,9H2,1H3. The molecule has 0 bridgehead atoms. The third-order valence-electron chi connectivity index (χ3n) is 2.41. The molecule has 2 aromatic rings. The van der Waals surface area contributed by atoms with E-state index in [1.165, 1.54) is 5.56 Å². The first-order valence-electron chi connectivity index (χ1n) is 5.28. The molecule has 2 rings (SSSR count). The van der Waals surface area contributed by atoms with Gasteiger partial charge in [0.25, 0.3) is 0 Å². The zero-order chi connectivity index (χ0) is 12.3. The van der Waals surface area contributed by atoms with Crippen LogP contribution in [-0.4, -0.2) is 0 Å². The van der Waals surface area contributed by atoms with Crippen molar-refractivity contribution in [3.8, 4) is 5.75 Å². The zero-order valence-electron chi connectivity index (χ0n) is 9.41. The molecule has 2 aromatic carbocycles. The minimum absolute atomic E-state index is 0.529. The average Bonchev–Trinajstić information content (AvgIpc) is 2.30. The molecule has 0 spiro atoms. The second-order valence-corrected chi connectivity index (χ2v) is 5.17. The SMILES string of the molecule is Cc1ccc(COc2ccc(Br)cc2Cl)cc1. The Bertz CT molecular complexity index is 508. The fraction of sp³-hybridized carbons (Fsp3) is 0.143. The number of hydrogen-bond donors (Lipinski definition) is 0. The van der Waals surface area contributed by atoms with Gasteiger partial charge in [-0.3, -0.25) is 0 Å². The van der Waals surface area contributed by atoms with Crippen molar-refractivity contribution in [1.82, 2.24) is 0 Å². The fourth-order valence-electron chi connectivity index (χ4n) is 1.44. The molecule has 0 radical (unpaired) electrons. The second-order valence-electron chi connectivity index (χ2n) is 3.85. The maximum absolute atomic E-state index is 6.07. The van der Waals surface area contributed by atoms with Gasteiger partial charge in [0.05, 0.1) is 5.02 Å². The summed E-state index contributed by atoms with van der Waals surface area (Å²) in [6, 6.07) is 13.9. The molecule has 0 aliphatic heterocycles. The van der Waals surface area contributed by atoms with Crippen LogP contribution in [0.5, 0.6) is 5.75 Å². The number of ether oxygens (including phenoxy) is 1. The molecule has 0 aromatic heterocycles. The van der Waals surface area contributed by atoms with Crippen LogP contribution < -0.4 is 4.74 Å². The first kappa shape index (κ1) is 12.5. The molecule has 17 heavy (non-hydrogen) atoms. The summed E-state index contributed by atoms with van der Waals surface area (Å²) in [5.41, 5.74) is 2.38. The molecular formula is C14H12BrClO. The highest BCUT2D eigenvalue weighted by atomic mass is 79.9. The van der Waals surface area contributed by atoms with E-state index >= 15 is 0 Å². The minimum atomic E-state index is 0.529. The largest absolute Gasteiger partial charge is 0.487 e. The predicted molar refractivity (Wildman–Crippen MR) is 74.7 cm³/mol. The molecular weight excluding hydrogens is 300 g/mol. The quantitative estimate of drug-likeness (QED) is 0.776. The Hall–Kier alpha value is -0.990. The molecule has 0 amide bonds. The number of benzene rings is 2. The first-order chi connectivity index (χ1) is 8.15. The highest BCUT2D eigenvalue weighted by molar-refractivity contribution is 9.10. The van der Waals surface area contributed by atoms with E-state index in [1.54, 1.807) is 0 Å². The predicted octanol–water partition coefficient (Wildman–Crippen LogP) is 4.99. The van der Waals surface area contributed by atoms with Gasteiger partial charge in [0.2, 0.25) is 0 Å². The molecule has 0 atom stereocenters. The maximum Gasteiger partial charge on any atom is 0.138 e. The summed E-state index contributed by atoms with van der Waals surface area (Å²) in [6.07, 6.45) is 0. The van der Waals surface area contributed by atoms with Crippen LogP contribution in [0.3, 0.4) is 0 Å². The molecule has 0 aliphatic carbocycles. The van der Waals surface area contributed by atoms with E-state index in [9.17, 15) is 0 Å². The summed E-state index contributed by atoms with van der Waals surface area (Å²) in [6.45, 7) is 2.60. The highest BCUT2D eigenvalue weighted by Crippen LogP contribution is 2.28. The monoisotopic (exact) mass is 310 g/mol. The van der Waals surface area contributed by atoms with Crippen molar-refractivity contribution in [3.63, 3.8) is 0 Å². The summed E-state index contributed by atoms with van der Waals surface area (Å²) in [7, 11) is 0. The van der Waals surface area contributed by atoms with Crippen LogP contribution in [0, 0.1) is 6.92 Å². The van der Waals surface area contributed by atoms with E-state index in [1.807, 2.05) is 18.2 Å². The van der Waals surface area contributed by atoms with Crippen molar-refractivity contribution >= 4 is 27.5 Å². The van der Waals surface area contributed by atoms with Gasteiger partial charge in [0.1, 0.15) is 12.4 Å². The van der Waals surface area contributed by atoms with Crippen LogP contribution in [-0.2, 0) is 6.61 Å². The van der Waals surface area contributed by atoms with Crippen molar-refractivity contribution in [2.24, 2.45) is 0 Å². The van der Waals surface area contributed by atoms with Gasteiger partial charge >= 0.3 is 0 Å². The molecule has 88 valence electrons. The lowest BCUT2D eigenvalue weighted by atomic mass is 10.2. The molecule has 0 unspecified atom stereocenters. The van der Waals surface area contributed by atoms with Crippen LogP contribution in [0.1, 0.15) is 11.1 Å². The molecule has 0 fully saturated rings. The third kappa shape index (κ3) is 3.48. The summed E-state index contributed by atoms with van der Waals surface area (Å²) < 4.78 is 6.61. The van der Waals surface area contributed by atoms with Crippen LogP contribution in [0.2, 0.25) is 5.02 Å². The minimum Gasteiger partial charge on any atom is -0.487 e. The Kier molecular flexibility index (Phi) is 4.08. The number of rotatable bonds is 3. The first-order valence-corrected chi connectivity index (χ1v) is 6.45. The third-order valence-corrected chi connectivity index (χ3v) is 3.20. The molecule has 0 heterocycles. The van der Waals surface area contributed by atoms with Crippen LogP contribution in [0.15, 0.2) is 46.9 Å². The smallest absolute Gasteiger partial charge is 0.138 e. The highest BCUT2D eigenvalue weighted by Gasteiger charge is 2.02. The number of halogens is 2. The van der Waals surface area contributed by atoms with E-state index in [0.717, 1.165) is 10.0 Å². The molecule has 1 nitrogen and oxygen atoms in total. The molecule has 0 N–H and O–H groups in total. The van der Waals surface area contributed by atoms with Gasteiger partial charge < -0.3 is 4.74 Å². The molecule has 0 saturated carbocycles. The summed E-state index contributed by atoms with van der Waals surface area (Å²) >= 11 is 9.43. The summed E-state index contributed by atoms with van der Waals surface area (Å²) in [4.78, 5) is 0. The lowest BCUT2D eigenvalue weighted by Crippen LogP contribution is -1.95. The van der Waals surface area contributed by atoms with Crippen molar-refractivity contribution in [3.05, 3.63) is 63.1 Å². The Morgan fingerprint density at radius 2 is 1.82 bits per heavy atom. The Balaban J connectivity index is 2.04. The number of aryl methyl sites for hydroxylation is 1. The lowest BCUT2D eigenvalue weighted by Gasteiger charge is -2.08. The van der Waals surface area contributed by atoms with Gasteiger partial charge in [0.15, 0.2) is 0 Å². The van der Waals surface area contributed by atoms with E-state index < -0.39 is 0 Å². The lowest BCUT2D eigenvalue weighted by molar-refractivity contribution is 0.306. The van der Waals surface area contributed by atoms with Gasteiger partial charge in [-0.25, -0.2) is 0 Å². The number of hydrogen-bond acceptors (Lipinski definition) is 1. The van der Waals surface area contributed by atoms with Crippen LogP contribution in [0.25, 0.3) is 0 Å². The molecule has 0 aliphatic rings. The zero-order valence-corrected chi connectivity index (χ0v) is 11.8. The Morgan fingerprint density at radius 1 is 1.12 bits per heavy atom. The summed E-state index contributed by atoms with van der Waals surface area (Å²) in [5.74, 6) is 0.704. The van der Waals surface area contributed by atoms with E-state index in [4.69, 9.17) is 16.3 Å². The van der Waals surface area contributed by atoms with Gasteiger partial charge in [-0.1, -0.05) is 57.4 Å². The van der Waals surface area contributed by atoms with Gasteiger partial charge in [-0.15, -0.1) is 0 Å². The Labute approximate surface area is 115 Å². The maximum atomic E-state index is 6.07. The average molecular weight is 312 g/mol. The van der Waals surface area contributed by atoms with Crippen LogP contribution >= 0.6 is 27.5 Å². The van der Waals surface area contributed by atoms with Gasteiger partial charge in [0, 0.05) is 4.47 Å². The van der Waals surface area contributed by atoms with Crippen molar-refractivity contribution in [1.29, 1.82) is 0 Å². The van der Waals surface area contributed by atoms with E-state index in [2.05, 4.69) is 47.1 Å².